The maximum Gasteiger partial charge on any atom is 0.274 e. The number of hydrogen-bond donors (Lipinski definition) is 2. The molecule has 0 unspecified atom stereocenters. The van der Waals surface area contributed by atoms with E-state index in [-0.39, 0.29) is 17.3 Å². The lowest BCUT2D eigenvalue weighted by molar-refractivity contribution is 0.0947. The number of anilines is 1. The van der Waals surface area contributed by atoms with Gasteiger partial charge in [-0.05, 0) is 57.4 Å². The minimum atomic E-state index is -0.399. The normalized spacial score (nSPS) is 10.6. The van der Waals surface area contributed by atoms with Gasteiger partial charge in [-0.1, -0.05) is 23.7 Å². The Morgan fingerprint density at radius 2 is 1.76 bits per heavy atom. The lowest BCUT2D eigenvalue weighted by Gasteiger charge is -2.10. The highest BCUT2D eigenvalue weighted by Gasteiger charge is 2.12. The summed E-state index contributed by atoms with van der Waals surface area (Å²) in [6.45, 7) is 1.44. The summed E-state index contributed by atoms with van der Waals surface area (Å²) in [5.74, 6) is -0.694. The zero-order valence-electron chi connectivity index (χ0n) is 14.3. The predicted molar refractivity (Wildman–Crippen MR) is 99.1 cm³/mol. The van der Waals surface area contributed by atoms with Crippen molar-refractivity contribution in [2.45, 2.75) is 6.42 Å². The van der Waals surface area contributed by atoms with E-state index in [0.717, 1.165) is 13.0 Å². The summed E-state index contributed by atoms with van der Waals surface area (Å²) in [6.07, 6.45) is 0.841. The summed E-state index contributed by atoms with van der Waals surface area (Å²) in [5, 5.41) is 6.03. The van der Waals surface area contributed by atoms with Crippen molar-refractivity contribution in [3.63, 3.8) is 0 Å². The summed E-state index contributed by atoms with van der Waals surface area (Å²) in [5.41, 5.74) is 0.947. The zero-order chi connectivity index (χ0) is 18.2. The van der Waals surface area contributed by atoms with E-state index in [4.69, 9.17) is 11.6 Å². The quantitative estimate of drug-likeness (QED) is 0.744. The molecule has 0 saturated heterocycles. The van der Waals surface area contributed by atoms with Gasteiger partial charge >= 0.3 is 0 Å². The molecule has 0 aliphatic heterocycles. The monoisotopic (exact) mass is 360 g/mol. The summed E-state index contributed by atoms with van der Waals surface area (Å²) >= 11 is 5.90. The van der Waals surface area contributed by atoms with E-state index in [9.17, 15) is 9.59 Å². The van der Waals surface area contributed by atoms with Gasteiger partial charge in [0.2, 0.25) is 0 Å². The summed E-state index contributed by atoms with van der Waals surface area (Å²) in [6, 6.07) is 11.6. The van der Waals surface area contributed by atoms with Gasteiger partial charge in [-0.3, -0.25) is 9.59 Å². The molecule has 1 heterocycles. The van der Waals surface area contributed by atoms with Gasteiger partial charge in [0.1, 0.15) is 11.4 Å². The Morgan fingerprint density at radius 1 is 1.08 bits per heavy atom. The van der Waals surface area contributed by atoms with Gasteiger partial charge in [-0.25, -0.2) is 4.98 Å². The van der Waals surface area contributed by atoms with E-state index in [1.54, 1.807) is 42.5 Å². The first-order chi connectivity index (χ1) is 12.0. The number of hydrogen-bond acceptors (Lipinski definition) is 4. The van der Waals surface area contributed by atoms with E-state index in [0.29, 0.717) is 17.3 Å². The van der Waals surface area contributed by atoms with Crippen LogP contribution in [0.4, 0.5) is 5.69 Å². The second-order valence-electron chi connectivity index (χ2n) is 5.79. The molecular weight excluding hydrogens is 340 g/mol. The number of benzene rings is 1. The maximum absolute atomic E-state index is 12.3. The minimum absolute atomic E-state index is 0.168. The standard InChI is InChI=1S/C18H21ClN4O2/c1-23(2)11-5-10-20-17(24)15-8-4-9-16(22-15)18(25)21-14-7-3-6-13(19)12-14/h3-4,6-9,12H,5,10-11H2,1-2H3,(H,20,24)(H,21,25). The third kappa shape index (κ3) is 6.17. The van der Waals surface area contributed by atoms with E-state index < -0.39 is 5.91 Å². The number of carbonyl (C=O) groups is 2. The molecule has 0 aliphatic carbocycles. The van der Waals surface area contributed by atoms with Crippen molar-refractivity contribution in [1.29, 1.82) is 0 Å². The highest BCUT2D eigenvalue weighted by molar-refractivity contribution is 6.30. The highest BCUT2D eigenvalue weighted by atomic mass is 35.5. The van der Waals surface area contributed by atoms with E-state index in [1.165, 1.54) is 0 Å². The Kier molecular flexibility index (Phi) is 6.91. The van der Waals surface area contributed by atoms with Crippen LogP contribution in [0.15, 0.2) is 42.5 Å². The Bertz CT molecular complexity index is 749. The molecule has 2 amide bonds. The van der Waals surface area contributed by atoms with Crippen LogP contribution in [0.1, 0.15) is 27.4 Å². The van der Waals surface area contributed by atoms with Crippen molar-refractivity contribution in [2.24, 2.45) is 0 Å². The summed E-state index contributed by atoms with van der Waals surface area (Å²) in [7, 11) is 3.96. The first-order valence-corrected chi connectivity index (χ1v) is 8.30. The topological polar surface area (TPSA) is 74.3 Å². The molecule has 0 spiro atoms. The second-order valence-corrected chi connectivity index (χ2v) is 6.22. The van der Waals surface area contributed by atoms with Crippen LogP contribution >= 0.6 is 11.6 Å². The molecule has 1 aromatic heterocycles. The van der Waals surface area contributed by atoms with Gasteiger partial charge in [-0.2, -0.15) is 0 Å². The Labute approximate surface area is 152 Å². The predicted octanol–water partition coefficient (Wildman–Crippen LogP) is 2.67. The first kappa shape index (κ1) is 18.9. The minimum Gasteiger partial charge on any atom is -0.351 e. The van der Waals surface area contributed by atoms with Crippen LogP contribution < -0.4 is 10.6 Å². The molecule has 6 nitrogen and oxygen atoms in total. The molecule has 2 aromatic rings. The molecule has 0 radical (unpaired) electrons. The maximum atomic E-state index is 12.3. The molecule has 0 aliphatic rings. The molecule has 2 N–H and O–H groups in total. The number of halogens is 1. The number of rotatable bonds is 7. The molecule has 132 valence electrons. The molecule has 25 heavy (non-hydrogen) atoms. The lowest BCUT2D eigenvalue weighted by Crippen LogP contribution is -2.28. The fraction of sp³-hybridized carbons (Fsp3) is 0.278. The number of carbonyl (C=O) groups excluding carboxylic acids is 2. The van der Waals surface area contributed by atoms with Crippen molar-refractivity contribution in [2.75, 3.05) is 32.5 Å². The Balaban J connectivity index is 1.97. The van der Waals surface area contributed by atoms with Crippen molar-refractivity contribution >= 4 is 29.1 Å². The van der Waals surface area contributed by atoms with E-state index in [1.807, 2.05) is 19.0 Å². The number of pyridine rings is 1. The molecule has 0 atom stereocenters. The summed E-state index contributed by atoms with van der Waals surface area (Å²) < 4.78 is 0. The van der Waals surface area contributed by atoms with Crippen LogP contribution in [0, 0.1) is 0 Å². The van der Waals surface area contributed by atoms with Crippen LogP contribution in [-0.2, 0) is 0 Å². The average Bonchev–Trinajstić information content (AvgIpc) is 2.58. The highest BCUT2D eigenvalue weighted by Crippen LogP contribution is 2.15. The smallest absolute Gasteiger partial charge is 0.274 e. The molecular formula is C18H21ClN4O2. The van der Waals surface area contributed by atoms with Gasteiger partial charge in [0, 0.05) is 17.3 Å². The SMILES string of the molecule is CN(C)CCCNC(=O)c1cccc(C(=O)Nc2cccc(Cl)c2)n1. The van der Waals surface area contributed by atoms with Crippen molar-refractivity contribution in [3.8, 4) is 0 Å². The van der Waals surface area contributed by atoms with Crippen LogP contribution in [0.25, 0.3) is 0 Å². The van der Waals surface area contributed by atoms with Gasteiger partial charge in [-0.15, -0.1) is 0 Å². The zero-order valence-corrected chi connectivity index (χ0v) is 15.0. The van der Waals surface area contributed by atoms with Crippen LogP contribution in [0.3, 0.4) is 0 Å². The number of nitrogens with one attached hydrogen (secondary N) is 2. The third-order valence-corrected chi connectivity index (χ3v) is 3.60. The van der Waals surface area contributed by atoms with Gasteiger partial charge < -0.3 is 15.5 Å². The first-order valence-electron chi connectivity index (χ1n) is 7.92. The fourth-order valence-corrected chi connectivity index (χ4v) is 2.33. The number of amides is 2. The number of nitrogens with zero attached hydrogens (tertiary/aromatic N) is 2. The third-order valence-electron chi connectivity index (χ3n) is 3.36. The molecule has 2 rings (SSSR count). The molecule has 0 saturated carbocycles. The second kappa shape index (κ2) is 9.15. The average molecular weight is 361 g/mol. The van der Waals surface area contributed by atoms with Crippen molar-refractivity contribution in [3.05, 3.63) is 58.9 Å². The van der Waals surface area contributed by atoms with Gasteiger partial charge in [0.15, 0.2) is 0 Å². The largest absolute Gasteiger partial charge is 0.351 e. The van der Waals surface area contributed by atoms with Crippen LogP contribution in [-0.4, -0.2) is 48.9 Å². The summed E-state index contributed by atoms with van der Waals surface area (Å²) in [4.78, 5) is 30.6. The fourth-order valence-electron chi connectivity index (χ4n) is 2.14. The van der Waals surface area contributed by atoms with E-state index in [2.05, 4.69) is 15.6 Å². The van der Waals surface area contributed by atoms with Crippen molar-refractivity contribution < 1.29 is 9.59 Å². The van der Waals surface area contributed by atoms with Gasteiger partial charge in [0.25, 0.3) is 11.8 Å². The molecule has 1 aromatic carbocycles. The molecule has 0 fully saturated rings. The number of aromatic nitrogens is 1. The lowest BCUT2D eigenvalue weighted by atomic mass is 10.2. The molecule has 0 bridgehead atoms. The van der Waals surface area contributed by atoms with Gasteiger partial charge in [0.05, 0.1) is 0 Å². The van der Waals surface area contributed by atoms with Crippen molar-refractivity contribution in [1.82, 2.24) is 15.2 Å². The van der Waals surface area contributed by atoms with Crippen LogP contribution in [0.5, 0.6) is 0 Å². The Hall–Kier alpha value is -2.44. The van der Waals surface area contributed by atoms with Crippen LogP contribution in [0.2, 0.25) is 5.02 Å². The van der Waals surface area contributed by atoms with E-state index >= 15 is 0 Å². The Morgan fingerprint density at radius 3 is 2.44 bits per heavy atom. The molecule has 7 heteroatoms.